The lowest BCUT2D eigenvalue weighted by molar-refractivity contribution is -0.138. The second-order valence-corrected chi connectivity index (χ2v) is 6.72. The molecule has 0 unspecified atom stereocenters. The Morgan fingerprint density at radius 2 is 2.00 bits per heavy atom. The highest BCUT2D eigenvalue weighted by Crippen LogP contribution is 2.25. The number of rotatable bonds is 4. The van der Waals surface area contributed by atoms with Crippen LogP contribution in [-0.2, 0) is 14.8 Å². The van der Waals surface area contributed by atoms with Crippen LogP contribution >= 0.6 is 0 Å². The first-order chi connectivity index (χ1) is 9.00. The highest BCUT2D eigenvalue weighted by atomic mass is 32.2. The summed E-state index contributed by atoms with van der Waals surface area (Å²) in [7, 11) is -3.49. The average molecular weight is 283 g/mol. The van der Waals surface area contributed by atoms with E-state index in [1.54, 1.807) is 30.3 Å². The molecule has 1 saturated heterocycles. The molecule has 0 spiro atoms. The maximum Gasteiger partial charge on any atom is 0.303 e. The zero-order valence-electron chi connectivity index (χ0n) is 10.5. The van der Waals surface area contributed by atoms with Crippen molar-refractivity contribution in [2.24, 2.45) is 5.92 Å². The fraction of sp³-hybridized carbons (Fsp3) is 0.462. The van der Waals surface area contributed by atoms with E-state index in [0.717, 1.165) is 6.42 Å². The van der Waals surface area contributed by atoms with E-state index in [9.17, 15) is 13.2 Å². The third kappa shape index (κ3) is 3.33. The fourth-order valence-corrected chi connectivity index (χ4v) is 3.98. The van der Waals surface area contributed by atoms with Crippen LogP contribution in [0.2, 0.25) is 0 Å². The summed E-state index contributed by atoms with van der Waals surface area (Å²) in [6, 6.07) is 8.27. The number of carboxylic acids is 1. The fourth-order valence-electron chi connectivity index (χ4n) is 2.40. The number of piperidine rings is 1. The van der Waals surface area contributed by atoms with Gasteiger partial charge < -0.3 is 5.11 Å². The molecular formula is C13H17NO4S. The molecule has 1 aliphatic rings. The van der Waals surface area contributed by atoms with Crippen LogP contribution in [0.5, 0.6) is 0 Å². The van der Waals surface area contributed by atoms with Crippen LogP contribution in [0.1, 0.15) is 19.3 Å². The van der Waals surface area contributed by atoms with Crippen molar-refractivity contribution in [3.63, 3.8) is 0 Å². The molecule has 1 atom stereocenters. The van der Waals surface area contributed by atoms with Crippen LogP contribution in [0.15, 0.2) is 35.2 Å². The van der Waals surface area contributed by atoms with E-state index in [4.69, 9.17) is 5.11 Å². The summed E-state index contributed by atoms with van der Waals surface area (Å²) >= 11 is 0. The Bertz CT molecular complexity index is 541. The second-order valence-electron chi connectivity index (χ2n) is 4.78. The van der Waals surface area contributed by atoms with Crippen molar-refractivity contribution < 1.29 is 18.3 Å². The van der Waals surface area contributed by atoms with Gasteiger partial charge >= 0.3 is 5.97 Å². The van der Waals surface area contributed by atoms with Gasteiger partial charge in [0.2, 0.25) is 10.0 Å². The summed E-state index contributed by atoms with van der Waals surface area (Å²) in [4.78, 5) is 11.0. The van der Waals surface area contributed by atoms with E-state index in [1.165, 1.54) is 4.31 Å². The standard InChI is InChI=1S/C13H17NO4S/c15-13(16)9-11-5-4-8-14(10-11)19(17,18)12-6-2-1-3-7-12/h1-3,6-7,11H,4-5,8-10H2,(H,15,16)/t11-/m0/s1. The number of nitrogens with zero attached hydrogens (tertiary/aromatic N) is 1. The first-order valence-corrected chi connectivity index (χ1v) is 7.71. The summed E-state index contributed by atoms with van der Waals surface area (Å²) in [5.74, 6) is -0.964. The number of sulfonamides is 1. The lowest BCUT2D eigenvalue weighted by Crippen LogP contribution is -2.40. The molecule has 1 fully saturated rings. The third-order valence-electron chi connectivity index (χ3n) is 3.33. The molecule has 6 heteroatoms. The highest BCUT2D eigenvalue weighted by molar-refractivity contribution is 7.89. The van der Waals surface area contributed by atoms with E-state index in [0.29, 0.717) is 19.5 Å². The first-order valence-electron chi connectivity index (χ1n) is 6.27. The van der Waals surface area contributed by atoms with Crippen molar-refractivity contribution in [1.29, 1.82) is 0 Å². The van der Waals surface area contributed by atoms with Crippen molar-refractivity contribution in [1.82, 2.24) is 4.31 Å². The smallest absolute Gasteiger partial charge is 0.303 e. The molecule has 0 amide bonds. The number of aliphatic carboxylic acids is 1. The molecule has 1 heterocycles. The van der Waals surface area contributed by atoms with E-state index in [-0.39, 0.29) is 17.2 Å². The number of carbonyl (C=O) groups is 1. The Kier molecular flexibility index (Phi) is 4.21. The molecule has 0 saturated carbocycles. The molecule has 0 bridgehead atoms. The van der Waals surface area contributed by atoms with Crippen LogP contribution in [-0.4, -0.2) is 36.9 Å². The van der Waals surface area contributed by atoms with Crippen LogP contribution in [0, 0.1) is 5.92 Å². The maximum atomic E-state index is 12.4. The van der Waals surface area contributed by atoms with Crippen molar-refractivity contribution in [3.05, 3.63) is 30.3 Å². The summed E-state index contributed by atoms with van der Waals surface area (Å²) in [5, 5.41) is 8.80. The Morgan fingerprint density at radius 1 is 1.32 bits per heavy atom. The summed E-state index contributed by atoms with van der Waals surface area (Å²) < 4.78 is 26.2. The number of carboxylic acid groups (broad SMARTS) is 1. The number of hydrogen-bond acceptors (Lipinski definition) is 3. The topological polar surface area (TPSA) is 74.7 Å². The Balaban J connectivity index is 2.15. The maximum absolute atomic E-state index is 12.4. The molecule has 1 aromatic carbocycles. The molecule has 19 heavy (non-hydrogen) atoms. The lowest BCUT2D eigenvalue weighted by Gasteiger charge is -2.31. The highest BCUT2D eigenvalue weighted by Gasteiger charge is 2.30. The van der Waals surface area contributed by atoms with Crippen LogP contribution in [0.4, 0.5) is 0 Å². The molecule has 1 aromatic rings. The van der Waals surface area contributed by atoms with Crippen LogP contribution in [0.25, 0.3) is 0 Å². The second kappa shape index (κ2) is 5.71. The number of hydrogen-bond donors (Lipinski definition) is 1. The normalized spacial score (nSPS) is 21.2. The Labute approximate surface area is 112 Å². The molecule has 5 nitrogen and oxygen atoms in total. The lowest BCUT2D eigenvalue weighted by atomic mass is 9.96. The largest absolute Gasteiger partial charge is 0.481 e. The minimum absolute atomic E-state index is 0.0286. The molecule has 0 aliphatic carbocycles. The molecule has 1 aliphatic heterocycles. The van der Waals surface area contributed by atoms with Gasteiger partial charge in [0.05, 0.1) is 4.90 Å². The summed E-state index contributed by atoms with van der Waals surface area (Å²) in [6.45, 7) is 0.761. The molecule has 104 valence electrons. The monoisotopic (exact) mass is 283 g/mol. The van der Waals surface area contributed by atoms with Crippen LogP contribution < -0.4 is 0 Å². The SMILES string of the molecule is O=C(O)C[C@@H]1CCCN(S(=O)(=O)c2ccccc2)C1. The van der Waals surface area contributed by atoms with Crippen molar-refractivity contribution in [2.45, 2.75) is 24.2 Å². The van der Waals surface area contributed by atoms with Crippen molar-refractivity contribution in [2.75, 3.05) is 13.1 Å². The Hall–Kier alpha value is -1.40. The van der Waals surface area contributed by atoms with Gasteiger partial charge in [-0.1, -0.05) is 18.2 Å². The molecule has 2 rings (SSSR count). The predicted molar refractivity (Wildman–Crippen MR) is 70.2 cm³/mol. The van der Waals surface area contributed by atoms with Gasteiger partial charge in [0.15, 0.2) is 0 Å². The molecular weight excluding hydrogens is 266 g/mol. The predicted octanol–water partition coefficient (Wildman–Crippen LogP) is 1.56. The Morgan fingerprint density at radius 3 is 2.63 bits per heavy atom. The van der Waals surface area contributed by atoms with Gasteiger partial charge in [0.25, 0.3) is 0 Å². The van der Waals surface area contributed by atoms with Crippen molar-refractivity contribution in [3.8, 4) is 0 Å². The van der Waals surface area contributed by atoms with Gasteiger partial charge in [-0.25, -0.2) is 8.42 Å². The quantitative estimate of drug-likeness (QED) is 0.910. The van der Waals surface area contributed by atoms with Gasteiger partial charge in [-0.05, 0) is 30.9 Å². The number of benzene rings is 1. The van der Waals surface area contributed by atoms with Crippen molar-refractivity contribution >= 4 is 16.0 Å². The van der Waals surface area contributed by atoms with E-state index in [1.807, 2.05) is 0 Å². The van der Waals surface area contributed by atoms with Gasteiger partial charge in [-0.3, -0.25) is 4.79 Å². The first kappa shape index (κ1) is 14.0. The molecule has 0 aromatic heterocycles. The average Bonchev–Trinajstić information content (AvgIpc) is 2.39. The van der Waals surface area contributed by atoms with Gasteiger partial charge in [0, 0.05) is 19.5 Å². The van der Waals surface area contributed by atoms with E-state index in [2.05, 4.69) is 0 Å². The summed E-state index contributed by atoms with van der Waals surface area (Å²) in [5.41, 5.74) is 0. The third-order valence-corrected chi connectivity index (χ3v) is 5.21. The molecule has 0 radical (unpaired) electrons. The minimum atomic E-state index is -3.49. The van der Waals surface area contributed by atoms with Gasteiger partial charge in [-0.15, -0.1) is 0 Å². The zero-order chi connectivity index (χ0) is 13.9. The minimum Gasteiger partial charge on any atom is -0.481 e. The van der Waals surface area contributed by atoms with E-state index >= 15 is 0 Å². The van der Waals surface area contributed by atoms with E-state index < -0.39 is 16.0 Å². The summed E-state index contributed by atoms with van der Waals surface area (Å²) in [6.07, 6.45) is 1.51. The zero-order valence-corrected chi connectivity index (χ0v) is 11.3. The molecule has 1 N–H and O–H groups in total. The van der Waals surface area contributed by atoms with Crippen LogP contribution in [0.3, 0.4) is 0 Å². The van der Waals surface area contributed by atoms with Gasteiger partial charge in [0.1, 0.15) is 0 Å². The van der Waals surface area contributed by atoms with Gasteiger partial charge in [-0.2, -0.15) is 4.31 Å².